The standard InChI is InChI=1S/C22H21Cl2N3O3S/c1-12-9-14(13(2)26(12)11-15-5-4-8-30-15)10-16-20(28)25-22(31)27(21(16)29)18-7-3-6-17(23)19(18)24/h3,6-7,9-10,15H,4-5,8,11H2,1-2H3,(H,25,28,31)/b16-10+/t15-/m1/s1. The molecule has 2 aliphatic rings. The molecule has 2 amide bonds. The molecule has 9 heteroatoms. The Morgan fingerprint density at radius 1 is 1.29 bits per heavy atom. The minimum Gasteiger partial charge on any atom is -0.376 e. The van der Waals surface area contributed by atoms with Gasteiger partial charge in [-0.3, -0.25) is 19.8 Å². The molecule has 1 aromatic carbocycles. The Morgan fingerprint density at radius 2 is 2.06 bits per heavy atom. The Hall–Kier alpha value is -2.19. The maximum atomic E-state index is 13.3. The molecule has 2 fully saturated rings. The Morgan fingerprint density at radius 3 is 2.77 bits per heavy atom. The number of hydrogen-bond donors (Lipinski definition) is 1. The van der Waals surface area contributed by atoms with Gasteiger partial charge >= 0.3 is 0 Å². The highest BCUT2D eigenvalue weighted by atomic mass is 35.5. The molecule has 162 valence electrons. The number of hydrogen-bond acceptors (Lipinski definition) is 4. The summed E-state index contributed by atoms with van der Waals surface area (Å²) < 4.78 is 7.91. The lowest BCUT2D eigenvalue weighted by molar-refractivity contribution is -0.122. The van der Waals surface area contributed by atoms with E-state index in [1.54, 1.807) is 24.3 Å². The topological polar surface area (TPSA) is 63.6 Å². The number of thiocarbonyl (C=S) groups is 1. The fraction of sp³-hybridized carbons (Fsp3) is 0.318. The van der Waals surface area contributed by atoms with Crippen molar-refractivity contribution in [2.24, 2.45) is 0 Å². The molecular weight excluding hydrogens is 457 g/mol. The third kappa shape index (κ3) is 4.15. The number of halogens is 2. The smallest absolute Gasteiger partial charge is 0.270 e. The molecule has 1 atom stereocenters. The second-order valence-electron chi connectivity index (χ2n) is 7.60. The highest BCUT2D eigenvalue weighted by molar-refractivity contribution is 7.80. The summed E-state index contributed by atoms with van der Waals surface area (Å²) in [6, 6.07) is 6.86. The van der Waals surface area contributed by atoms with Crippen molar-refractivity contribution in [2.75, 3.05) is 11.5 Å². The Labute approximate surface area is 195 Å². The largest absolute Gasteiger partial charge is 0.376 e. The number of aryl methyl sites for hydroxylation is 1. The molecule has 1 aromatic heterocycles. The van der Waals surface area contributed by atoms with Crippen molar-refractivity contribution in [2.45, 2.75) is 39.3 Å². The second-order valence-corrected chi connectivity index (χ2v) is 8.77. The summed E-state index contributed by atoms with van der Waals surface area (Å²) in [5, 5.41) is 3.01. The van der Waals surface area contributed by atoms with Crippen molar-refractivity contribution >= 4 is 64.1 Å². The number of nitrogens with one attached hydrogen (secondary N) is 1. The van der Waals surface area contributed by atoms with E-state index >= 15 is 0 Å². The predicted molar refractivity (Wildman–Crippen MR) is 126 cm³/mol. The van der Waals surface area contributed by atoms with Crippen molar-refractivity contribution in [1.29, 1.82) is 0 Å². The van der Waals surface area contributed by atoms with Gasteiger partial charge in [-0.1, -0.05) is 29.3 Å². The van der Waals surface area contributed by atoms with Crippen LogP contribution in [0.15, 0.2) is 29.8 Å². The molecule has 1 N–H and O–H groups in total. The maximum Gasteiger partial charge on any atom is 0.270 e. The zero-order chi connectivity index (χ0) is 22.3. The molecule has 4 rings (SSSR count). The van der Waals surface area contributed by atoms with Crippen LogP contribution < -0.4 is 10.2 Å². The number of benzene rings is 1. The highest BCUT2D eigenvalue weighted by Crippen LogP contribution is 2.34. The van der Waals surface area contributed by atoms with Gasteiger partial charge in [0.1, 0.15) is 5.57 Å². The number of amides is 2. The number of carbonyl (C=O) groups excluding carboxylic acids is 2. The van der Waals surface area contributed by atoms with Gasteiger partial charge in [-0.2, -0.15) is 0 Å². The van der Waals surface area contributed by atoms with Gasteiger partial charge in [-0.15, -0.1) is 0 Å². The summed E-state index contributed by atoms with van der Waals surface area (Å²) >= 11 is 17.6. The summed E-state index contributed by atoms with van der Waals surface area (Å²) in [5.41, 5.74) is 3.08. The lowest BCUT2D eigenvalue weighted by Gasteiger charge is -2.29. The van der Waals surface area contributed by atoms with E-state index in [0.29, 0.717) is 5.69 Å². The van der Waals surface area contributed by atoms with Crippen LogP contribution >= 0.6 is 35.4 Å². The van der Waals surface area contributed by atoms with E-state index in [1.165, 1.54) is 4.90 Å². The molecule has 6 nitrogen and oxygen atoms in total. The zero-order valence-corrected chi connectivity index (χ0v) is 19.4. The average Bonchev–Trinajstić information content (AvgIpc) is 3.32. The third-order valence-electron chi connectivity index (χ3n) is 5.60. The number of ether oxygens (including phenoxy) is 1. The Kier molecular flexibility index (Phi) is 6.21. The summed E-state index contributed by atoms with van der Waals surface area (Å²) in [4.78, 5) is 27.1. The van der Waals surface area contributed by atoms with Crippen LogP contribution in [0, 0.1) is 13.8 Å². The van der Waals surface area contributed by atoms with Gasteiger partial charge in [-0.25, -0.2) is 0 Å². The third-order valence-corrected chi connectivity index (χ3v) is 6.69. The first-order valence-corrected chi connectivity index (χ1v) is 11.1. The predicted octanol–water partition coefficient (Wildman–Crippen LogP) is 4.42. The Balaban J connectivity index is 1.70. The molecular formula is C22H21Cl2N3O3S. The number of nitrogens with zero attached hydrogens (tertiary/aromatic N) is 2. The van der Waals surface area contributed by atoms with E-state index in [-0.39, 0.29) is 26.8 Å². The van der Waals surface area contributed by atoms with Gasteiger partial charge in [0.25, 0.3) is 11.8 Å². The van der Waals surface area contributed by atoms with Crippen molar-refractivity contribution in [1.82, 2.24) is 9.88 Å². The molecule has 0 unspecified atom stereocenters. The lowest BCUT2D eigenvalue weighted by atomic mass is 10.1. The van der Waals surface area contributed by atoms with Crippen LogP contribution in [0.25, 0.3) is 6.08 Å². The molecule has 0 radical (unpaired) electrons. The van der Waals surface area contributed by atoms with Gasteiger partial charge in [0.2, 0.25) is 0 Å². The first kappa shape index (κ1) is 22.0. The molecule has 0 saturated carbocycles. The molecule has 31 heavy (non-hydrogen) atoms. The second kappa shape index (κ2) is 8.74. The molecule has 0 aliphatic carbocycles. The van der Waals surface area contributed by atoms with E-state index < -0.39 is 11.8 Å². The van der Waals surface area contributed by atoms with Crippen LogP contribution in [-0.4, -0.2) is 34.2 Å². The van der Waals surface area contributed by atoms with Crippen LogP contribution in [0.2, 0.25) is 10.0 Å². The van der Waals surface area contributed by atoms with Gasteiger partial charge in [0.15, 0.2) is 5.11 Å². The van der Waals surface area contributed by atoms with Crippen molar-refractivity contribution in [3.05, 3.63) is 56.8 Å². The molecule has 0 spiro atoms. The van der Waals surface area contributed by atoms with Crippen molar-refractivity contribution in [3.8, 4) is 0 Å². The van der Waals surface area contributed by atoms with Gasteiger partial charge < -0.3 is 9.30 Å². The summed E-state index contributed by atoms with van der Waals surface area (Å²) in [6.07, 6.45) is 3.88. The summed E-state index contributed by atoms with van der Waals surface area (Å²) in [7, 11) is 0. The lowest BCUT2D eigenvalue weighted by Crippen LogP contribution is -2.54. The quantitative estimate of drug-likeness (QED) is 0.402. The first-order valence-electron chi connectivity index (χ1n) is 9.91. The first-order chi connectivity index (χ1) is 14.8. The number of rotatable bonds is 4. The van der Waals surface area contributed by atoms with Crippen LogP contribution in [0.4, 0.5) is 5.69 Å². The average molecular weight is 478 g/mol. The fourth-order valence-electron chi connectivity index (χ4n) is 3.94. The summed E-state index contributed by atoms with van der Waals surface area (Å²) in [6.45, 7) is 5.50. The van der Waals surface area contributed by atoms with Gasteiger partial charge in [0.05, 0.1) is 21.8 Å². The Bertz CT molecular complexity index is 1120. The van der Waals surface area contributed by atoms with Gasteiger partial charge in [-0.05, 0) is 68.7 Å². The van der Waals surface area contributed by atoms with E-state index in [9.17, 15) is 9.59 Å². The van der Waals surface area contributed by atoms with Crippen molar-refractivity contribution < 1.29 is 14.3 Å². The molecule has 0 bridgehead atoms. The number of aromatic nitrogens is 1. The van der Waals surface area contributed by atoms with Crippen molar-refractivity contribution in [3.63, 3.8) is 0 Å². The molecule has 2 saturated heterocycles. The van der Waals surface area contributed by atoms with Crippen LogP contribution in [-0.2, 0) is 20.9 Å². The summed E-state index contributed by atoms with van der Waals surface area (Å²) in [5.74, 6) is -1.10. The van der Waals surface area contributed by atoms with E-state index in [1.807, 2.05) is 19.9 Å². The highest BCUT2D eigenvalue weighted by Gasteiger charge is 2.36. The number of anilines is 1. The van der Waals surface area contributed by atoms with Gasteiger partial charge in [0, 0.05) is 24.5 Å². The number of carbonyl (C=O) groups is 2. The minimum atomic E-state index is -0.554. The molecule has 2 aliphatic heterocycles. The monoisotopic (exact) mass is 477 g/mol. The maximum absolute atomic E-state index is 13.3. The van der Waals surface area contributed by atoms with E-state index in [4.69, 9.17) is 40.2 Å². The van der Waals surface area contributed by atoms with E-state index in [0.717, 1.165) is 42.9 Å². The zero-order valence-electron chi connectivity index (χ0n) is 17.1. The minimum absolute atomic E-state index is 0.0259. The van der Waals surface area contributed by atoms with Crippen LogP contribution in [0.1, 0.15) is 29.8 Å². The normalized spacial score (nSPS) is 20.6. The molecule has 3 heterocycles. The molecule has 2 aromatic rings. The van der Waals surface area contributed by atoms with E-state index in [2.05, 4.69) is 9.88 Å². The fourth-order valence-corrected chi connectivity index (χ4v) is 4.60. The van der Waals surface area contributed by atoms with Crippen LogP contribution in [0.5, 0.6) is 0 Å². The SMILES string of the molecule is Cc1cc(/C=C2\C(=O)NC(=S)N(c3cccc(Cl)c3Cl)C2=O)c(C)n1C[C@H]1CCCO1. The van der Waals surface area contributed by atoms with Crippen LogP contribution in [0.3, 0.4) is 0 Å².